The molecule has 0 aliphatic carbocycles. The van der Waals surface area contributed by atoms with Gasteiger partial charge in [0.1, 0.15) is 5.65 Å². The fraction of sp³-hybridized carbons (Fsp3) is 0.429. The molecule has 3 heterocycles. The number of fused-ring (bicyclic) bond motifs is 1. The number of hydrogen-bond acceptors (Lipinski definition) is 3. The van der Waals surface area contributed by atoms with Crippen molar-refractivity contribution in [2.24, 2.45) is 5.73 Å². The number of halogens is 1. The SMILES string of the molecule is CC1CC(N)CCN1C(=O)c1c(Cl)nc2ccccn12. The summed E-state index contributed by atoms with van der Waals surface area (Å²) < 4.78 is 1.74. The highest BCUT2D eigenvalue weighted by Gasteiger charge is 2.30. The van der Waals surface area contributed by atoms with Crippen LogP contribution in [-0.4, -0.2) is 38.8 Å². The van der Waals surface area contributed by atoms with Crippen molar-refractivity contribution in [3.63, 3.8) is 0 Å². The number of nitrogens with two attached hydrogens (primary N) is 1. The maximum atomic E-state index is 12.8. The largest absolute Gasteiger partial charge is 0.334 e. The van der Waals surface area contributed by atoms with E-state index in [1.54, 1.807) is 4.40 Å². The Morgan fingerprint density at radius 3 is 3.05 bits per heavy atom. The zero-order chi connectivity index (χ0) is 14.3. The molecule has 0 radical (unpaired) electrons. The number of carbonyl (C=O) groups excluding carboxylic acids is 1. The number of nitrogens with zero attached hydrogens (tertiary/aromatic N) is 3. The number of pyridine rings is 1. The minimum atomic E-state index is -0.0758. The number of hydrogen-bond donors (Lipinski definition) is 1. The summed E-state index contributed by atoms with van der Waals surface area (Å²) in [5.74, 6) is -0.0758. The lowest BCUT2D eigenvalue weighted by atomic mass is 9.99. The van der Waals surface area contributed by atoms with E-state index in [2.05, 4.69) is 4.98 Å². The van der Waals surface area contributed by atoms with Gasteiger partial charge in [0.05, 0.1) is 0 Å². The summed E-state index contributed by atoms with van der Waals surface area (Å²) in [7, 11) is 0. The Morgan fingerprint density at radius 1 is 1.50 bits per heavy atom. The first-order chi connectivity index (χ1) is 9.58. The topological polar surface area (TPSA) is 63.6 Å². The summed E-state index contributed by atoms with van der Waals surface area (Å²) in [6.07, 6.45) is 3.45. The Morgan fingerprint density at radius 2 is 2.30 bits per heavy atom. The van der Waals surface area contributed by atoms with Gasteiger partial charge in [-0.2, -0.15) is 0 Å². The Balaban J connectivity index is 1.98. The summed E-state index contributed by atoms with van der Waals surface area (Å²) in [6.45, 7) is 2.69. The molecule has 1 saturated heterocycles. The summed E-state index contributed by atoms with van der Waals surface area (Å²) in [6, 6.07) is 5.86. The molecule has 2 aromatic heterocycles. The van der Waals surface area contributed by atoms with Crippen LogP contribution in [0.5, 0.6) is 0 Å². The molecule has 2 aromatic rings. The van der Waals surface area contributed by atoms with E-state index in [1.807, 2.05) is 36.2 Å². The van der Waals surface area contributed by atoms with E-state index in [0.717, 1.165) is 12.8 Å². The van der Waals surface area contributed by atoms with Gasteiger partial charge >= 0.3 is 0 Å². The first kappa shape index (κ1) is 13.4. The molecule has 0 saturated carbocycles. The fourth-order valence-electron chi connectivity index (χ4n) is 2.80. The monoisotopic (exact) mass is 292 g/mol. The molecule has 2 unspecified atom stereocenters. The average molecular weight is 293 g/mol. The fourth-order valence-corrected chi connectivity index (χ4v) is 3.06. The second-order valence-corrected chi connectivity index (χ2v) is 5.67. The number of rotatable bonds is 1. The lowest BCUT2D eigenvalue weighted by Gasteiger charge is -2.36. The highest BCUT2D eigenvalue weighted by Crippen LogP contribution is 2.23. The van der Waals surface area contributed by atoms with Crippen LogP contribution in [0.2, 0.25) is 5.15 Å². The van der Waals surface area contributed by atoms with Crippen LogP contribution in [0.3, 0.4) is 0 Å². The van der Waals surface area contributed by atoms with E-state index in [-0.39, 0.29) is 23.1 Å². The second kappa shape index (κ2) is 5.07. The van der Waals surface area contributed by atoms with Gasteiger partial charge in [-0.3, -0.25) is 9.20 Å². The molecule has 5 nitrogen and oxygen atoms in total. The van der Waals surface area contributed by atoms with Crippen molar-refractivity contribution in [1.82, 2.24) is 14.3 Å². The van der Waals surface area contributed by atoms with Gasteiger partial charge < -0.3 is 10.6 Å². The van der Waals surface area contributed by atoms with Crippen LogP contribution < -0.4 is 5.73 Å². The molecule has 20 heavy (non-hydrogen) atoms. The maximum Gasteiger partial charge on any atom is 0.274 e. The van der Waals surface area contributed by atoms with Crippen molar-refractivity contribution in [1.29, 1.82) is 0 Å². The number of amides is 1. The van der Waals surface area contributed by atoms with Crippen LogP contribution >= 0.6 is 11.6 Å². The van der Waals surface area contributed by atoms with Crippen LogP contribution in [-0.2, 0) is 0 Å². The van der Waals surface area contributed by atoms with Gasteiger partial charge in [0.2, 0.25) is 0 Å². The zero-order valence-corrected chi connectivity index (χ0v) is 12.0. The third-order valence-corrected chi connectivity index (χ3v) is 4.13. The van der Waals surface area contributed by atoms with E-state index in [9.17, 15) is 4.79 Å². The van der Waals surface area contributed by atoms with Gasteiger partial charge in [-0.15, -0.1) is 0 Å². The molecule has 1 amide bonds. The molecule has 0 aromatic carbocycles. The van der Waals surface area contributed by atoms with E-state index in [1.165, 1.54) is 0 Å². The standard InChI is InChI=1S/C14H17ClN4O/c1-9-8-10(16)5-7-18(9)14(20)12-13(15)17-11-4-2-3-6-19(11)12/h2-4,6,9-10H,5,7-8,16H2,1H3. The van der Waals surface area contributed by atoms with E-state index < -0.39 is 0 Å². The van der Waals surface area contributed by atoms with E-state index >= 15 is 0 Å². The van der Waals surface area contributed by atoms with Crippen LogP contribution in [0, 0.1) is 0 Å². The quantitative estimate of drug-likeness (QED) is 0.873. The van der Waals surface area contributed by atoms with Crippen molar-refractivity contribution in [3.05, 3.63) is 35.2 Å². The lowest BCUT2D eigenvalue weighted by Crippen LogP contribution is -2.48. The molecule has 2 N–H and O–H groups in total. The predicted octanol–water partition coefficient (Wildman–Crippen LogP) is 1.94. The highest BCUT2D eigenvalue weighted by atomic mass is 35.5. The third-order valence-electron chi connectivity index (χ3n) is 3.87. The highest BCUT2D eigenvalue weighted by molar-refractivity contribution is 6.32. The van der Waals surface area contributed by atoms with Crippen molar-refractivity contribution in [2.45, 2.75) is 31.8 Å². The molecule has 2 atom stereocenters. The predicted molar refractivity (Wildman–Crippen MR) is 77.9 cm³/mol. The number of carbonyl (C=O) groups is 1. The Kier molecular flexibility index (Phi) is 3.40. The zero-order valence-electron chi connectivity index (χ0n) is 11.3. The van der Waals surface area contributed by atoms with Gasteiger partial charge in [0, 0.05) is 24.8 Å². The molecular formula is C14H17ClN4O. The number of imidazole rings is 1. The summed E-state index contributed by atoms with van der Waals surface area (Å²) in [5.41, 5.74) is 7.06. The minimum absolute atomic E-state index is 0.0758. The van der Waals surface area contributed by atoms with Crippen LogP contribution in [0.15, 0.2) is 24.4 Å². The summed E-state index contributed by atoms with van der Waals surface area (Å²) in [4.78, 5) is 18.8. The van der Waals surface area contributed by atoms with Crippen molar-refractivity contribution in [3.8, 4) is 0 Å². The van der Waals surface area contributed by atoms with Gasteiger partial charge in [-0.25, -0.2) is 4.98 Å². The smallest absolute Gasteiger partial charge is 0.274 e. The summed E-state index contributed by atoms with van der Waals surface area (Å²) in [5, 5.41) is 0.253. The van der Waals surface area contributed by atoms with Gasteiger partial charge in [-0.05, 0) is 31.9 Å². The lowest BCUT2D eigenvalue weighted by molar-refractivity contribution is 0.0612. The Hall–Kier alpha value is -1.59. The third kappa shape index (κ3) is 2.17. The summed E-state index contributed by atoms with van der Waals surface area (Å²) >= 11 is 6.15. The van der Waals surface area contributed by atoms with Gasteiger partial charge in [-0.1, -0.05) is 17.7 Å². The van der Waals surface area contributed by atoms with Crippen molar-refractivity contribution >= 4 is 23.2 Å². The molecule has 0 spiro atoms. The molecule has 6 heteroatoms. The van der Waals surface area contributed by atoms with Gasteiger partial charge in [0.15, 0.2) is 10.8 Å². The molecule has 3 rings (SSSR count). The van der Waals surface area contributed by atoms with Crippen LogP contribution in [0.1, 0.15) is 30.3 Å². The molecular weight excluding hydrogens is 276 g/mol. The second-order valence-electron chi connectivity index (χ2n) is 5.31. The first-order valence-corrected chi connectivity index (χ1v) is 7.15. The molecule has 1 aliphatic heterocycles. The van der Waals surface area contributed by atoms with Gasteiger partial charge in [0.25, 0.3) is 5.91 Å². The first-order valence-electron chi connectivity index (χ1n) is 6.77. The molecule has 1 fully saturated rings. The Labute approximate surface area is 122 Å². The van der Waals surface area contributed by atoms with Crippen molar-refractivity contribution in [2.75, 3.05) is 6.54 Å². The minimum Gasteiger partial charge on any atom is -0.334 e. The molecule has 0 bridgehead atoms. The normalized spacial score (nSPS) is 23.2. The van der Waals surface area contributed by atoms with Crippen LogP contribution in [0.4, 0.5) is 0 Å². The Bertz CT molecular complexity index is 654. The van der Waals surface area contributed by atoms with Crippen molar-refractivity contribution < 1.29 is 4.79 Å². The number of piperidine rings is 1. The average Bonchev–Trinajstić information content (AvgIpc) is 2.73. The molecule has 1 aliphatic rings. The van der Waals surface area contributed by atoms with E-state index in [4.69, 9.17) is 17.3 Å². The molecule has 106 valence electrons. The van der Waals surface area contributed by atoms with E-state index in [0.29, 0.717) is 17.9 Å². The van der Waals surface area contributed by atoms with Crippen LogP contribution in [0.25, 0.3) is 5.65 Å². The number of aromatic nitrogens is 2. The maximum absolute atomic E-state index is 12.8. The number of likely N-dealkylation sites (tertiary alicyclic amines) is 1.